The molecule has 1 aliphatic heterocycles. The van der Waals surface area contributed by atoms with Gasteiger partial charge in [-0.1, -0.05) is 58.4 Å². The molecule has 2 heterocycles. The highest BCUT2D eigenvalue weighted by atomic mass is 79.9. The van der Waals surface area contributed by atoms with Crippen molar-refractivity contribution in [1.82, 2.24) is 9.78 Å². The normalized spacial score (nSPS) is 28.5. The smallest absolute Gasteiger partial charge is 0.314 e. The summed E-state index contributed by atoms with van der Waals surface area (Å²) >= 11 is 3.41. The third kappa shape index (κ3) is 2.53. The lowest BCUT2D eigenvalue weighted by Gasteiger charge is -2.39. The van der Waals surface area contributed by atoms with Gasteiger partial charge in [0.05, 0.1) is 12.1 Å². The number of ketones is 1. The van der Waals surface area contributed by atoms with Gasteiger partial charge in [0.15, 0.2) is 17.1 Å². The van der Waals surface area contributed by atoms with Crippen molar-refractivity contribution in [1.29, 1.82) is 0 Å². The lowest BCUT2D eigenvalue weighted by molar-refractivity contribution is -0.155. The third-order valence-electron chi connectivity index (χ3n) is 6.49. The predicted molar refractivity (Wildman–Crippen MR) is 118 cm³/mol. The largest absolute Gasteiger partial charge is 0.481 e. The summed E-state index contributed by atoms with van der Waals surface area (Å²) in [7, 11) is 0. The second kappa shape index (κ2) is 7.02. The van der Waals surface area contributed by atoms with Crippen molar-refractivity contribution in [3.05, 3.63) is 82.1 Å². The van der Waals surface area contributed by atoms with E-state index >= 15 is 0 Å². The highest BCUT2D eigenvalue weighted by molar-refractivity contribution is 9.10. The average Bonchev–Trinajstić information content (AvgIpc) is 3.35. The minimum Gasteiger partial charge on any atom is -0.481 e. The molecule has 8 heteroatoms. The number of halogens is 1. The Hall–Kier alpha value is -2.97. The van der Waals surface area contributed by atoms with Crippen molar-refractivity contribution < 1.29 is 24.5 Å². The fourth-order valence-corrected chi connectivity index (χ4v) is 5.34. The number of rotatable bonds is 4. The van der Waals surface area contributed by atoms with Gasteiger partial charge in [-0.05, 0) is 37.1 Å². The van der Waals surface area contributed by atoms with E-state index in [9.17, 15) is 19.8 Å². The molecule has 2 aliphatic rings. The van der Waals surface area contributed by atoms with Crippen LogP contribution in [0.1, 0.15) is 42.6 Å². The molecule has 2 aromatic carbocycles. The molecule has 4 atom stereocenters. The molecule has 32 heavy (non-hydrogen) atoms. The number of aliphatic hydroxyl groups is 1. The van der Waals surface area contributed by atoms with E-state index in [1.54, 1.807) is 59.4 Å². The minimum atomic E-state index is -2.26. The Morgan fingerprint density at radius 2 is 1.81 bits per heavy atom. The number of hydrogen-bond donors (Lipinski definition) is 2. The molecule has 0 bridgehead atoms. The summed E-state index contributed by atoms with van der Waals surface area (Å²) in [6, 6.07) is 15.9. The molecule has 7 nitrogen and oxygen atoms in total. The topological polar surface area (TPSA) is 102 Å². The van der Waals surface area contributed by atoms with Gasteiger partial charge in [-0.25, -0.2) is 0 Å². The zero-order valence-corrected chi connectivity index (χ0v) is 19.0. The molecule has 0 spiro atoms. The number of aromatic nitrogens is 2. The van der Waals surface area contributed by atoms with E-state index in [1.165, 1.54) is 0 Å². The van der Waals surface area contributed by atoms with Crippen molar-refractivity contribution in [2.75, 3.05) is 0 Å². The van der Waals surface area contributed by atoms with Gasteiger partial charge >= 0.3 is 5.97 Å². The number of carbonyl (C=O) groups is 2. The number of Topliss-reactive ketones (excluding diaryl/α,β-unsaturated/α-hetero) is 1. The van der Waals surface area contributed by atoms with Gasteiger partial charge in [-0.15, -0.1) is 0 Å². The number of carbonyl (C=O) groups excluding carboxylic acids is 1. The van der Waals surface area contributed by atoms with Crippen LogP contribution in [0.2, 0.25) is 0 Å². The van der Waals surface area contributed by atoms with Crippen LogP contribution in [0, 0.1) is 5.92 Å². The molecule has 0 saturated heterocycles. The van der Waals surface area contributed by atoms with Crippen LogP contribution in [0.15, 0.2) is 65.3 Å². The van der Waals surface area contributed by atoms with Gasteiger partial charge in [-0.3, -0.25) is 14.3 Å². The van der Waals surface area contributed by atoms with E-state index in [1.807, 2.05) is 19.9 Å². The summed E-state index contributed by atoms with van der Waals surface area (Å²) in [6.07, 6.45) is 1.65. The Labute approximate surface area is 192 Å². The number of nitrogens with zero attached hydrogens (tertiary/aromatic N) is 2. The average molecular weight is 497 g/mol. The van der Waals surface area contributed by atoms with Crippen molar-refractivity contribution in [3.8, 4) is 5.75 Å². The molecule has 1 fully saturated rings. The molecule has 2 N–H and O–H groups in total. The first-order valence-corrected chi connectivity index (χ1v) is 11.1. The van der Waals surface area contributed by atoms with E-state index in [0.717, 1.165) is 4.47 Å². The van der Waals surface area contributed by atoms with Gasteiger partial charge in [-0.2, -0.15) is 5.10 Å². The highest BCUT2D eigenvalue weighted by Gasteiger charge is 2.79. The van der Waals surface area contributed by atoms with Crippen LogP contribution in [-0.4, -0.2) is 31.7 Å². The Morgan fingerprint density at radius 3 is 2.41 bits per heavy atom. The fourth-order valence-electron chi connectivity index (χ4n) is 5.07. The van der Waals surface area contributed by atoms with E-state index in [-0.39, 0.29) is 17.5 Å². The standard InChI is InChI=1S/C24H21BrN2O5/c1-13(2)27-12-17-20(26-27)23(31)21(28)18(22(29)30)19(14-6-4-3-5-7-14)24(23,32-17)15-8-10-16(25)11-9-15/h3-13,18-19,31H,1-2H3,(H,29,30)/t18-,19-,23+,24+/m1/s1. The first-order chi connectivity index (χ1) is 15.2. The summed E-state index contributed by atoms with van der Waals surface area (Å²) < 4.78 is 8.87. The van der Waals surface area contributed by atoms with Crippen LogP contribution in [-0.2, 0) is 20.8 Å². The van der Waals surface area contributed by atoms with Crippen molar-refractivity contribution in [2.24, 2.45) is 5.92 Å². The fraction of sp³-hybridized carbons (Fsp3) is 0.292. The van der Waals surface area contributed by atoms with E-state index < -0.39 is 34.8 Å². The molecule has 1 aromatic heterocycles. The maximum atomic E-state index is 13.8. The van der Waals surface area contributed by atoms with Crippen LogP contribution in [0.5, 0.6) is 5.75 Å². The Balaban J connectivity index is 1.85. The summed E-state index contributed by atoms with van der Waals surface area (Å²) in [5, 5.41) is 26.7. The van der Waals surface area contributed by atoms with Gasteiger partial charge in [0.2, 0.25) is 5.60 Å². The maximum absolute atomic E-state index is 13.8. The van der Waals surface area contributed by atoms with Crippen LogP contribution < -0.4 is 4.74 Å². The SMILES string of the molecule is CC(C)n1cc2c(n1)[C@]1(O)C(=O)[C@H](C(=O)O)[C@@H](c3ccccc3)[C@]1(c1ccc(Br)cc1)O2. The second-order valence-electron chi connectivity index (χ2n) is 8.54. The number of ether oxygens (including phenoxy) is 1. The van der Waals surface area contributed by atoms with E-state index in [0.29, 0.717) is 11.1 Å². The Morgan fingerprint density at radius 1 is 1.16 bits per heavy atom. The highest BCUT2D eigenvalue weighted by Crippen LogP contribution is 2.66. The van der Waals surface area contributed by atoms with E-state index in [4.69, 9.17) is 4.74 Å². The van der Waals surface area contributed by atoms with Crippen molar-refractivity contribution in [2.45, 2.75) is 37.0 Å². The number of hydrogen-bond acceptors (Lipinski definition) is 5. The maximum Gasteiger partial charge on any atom is 0.314 e. The lowest BCUT2D eigenvalue weighted by atomic mass is 9.72. The van der Waals surface area contributed by atoms with E-state index in [2.05, 4.69) is 21.0 Å². The van der Waals surface area contributed by atoms with Crippen LogP contribution in [0.3, 0.4) is 0 Å². The quantitative estimate of drug-likeness (QED) is 0.533. The van der Waals surface area contributed by atoms with Crippen molar-refractivity contribution in [3.63, 3.8) is 0 Å². The van der Waals surface area contributed by atoms with Crippen LogP contribution in [0.25, 0.3) is 0 Å². The lowest BCUT2D eigenvalue weighted by Crippen LogP contribution is -2.51. The zero-order valence-electron chi connectivity index (χ0n) is 17.4. The van der Waals surface area contributed by atoms with Crippen LogP contribution >= 0.6 is 15.9 Å². The van der Waals surface area contributed by atoms with Crippen LogP contribution in [0.4, 0.5) is 0 Å². The number of carboxylic acids is 1. The number of fused-ring (bicyclic) bond motifs is 3. The number of benzene rings is 2. The molecular formula is C24H21BrN2O5. The molecule has 3 aromatic rings. The molecule has 1 saturated carbocycles. The summed E-state index contributed by atoms with van der Waals surface area (Å²) in [6.45, 7) is 3.83. The van der Waals surface area contributed by atoms with Crippen molar-refractivity contribution >= 4 is 27.7 Å². The number of aliphatic carboxylic acids is 1. The van der Waals surface area contributed by atoms with Gasteiger partial charge in [0.1, 0.15) is 11.6 Å². The monoisotopic (exact) mass is 496 g/mol. The Bertz CT molecular complexity index is 1220. The number of carboxylic acid groups (broad SMARTS) is 1. The molecule has 0 unspecified atom stereocenters. The molecule has 0 amide bonds. The zero-order chi connectivity index (χ0) is 22.8. The Kier molecular flexibility index (Phi) is 4.58. The summed E-state index contributed by atoms with van der Waals surface area (Å²) in [5.74, 6) is -4.33. The molecule has 1 aliphatic carbocycles. The first-order valence-electron chi connectivity index (χ1n) is 10.3. The summed E-state index contributed by atoms with van der Waals surface area (Å²) in [5.41, 5.74) is -2.79. The molecular weight excluding hydrogens is 476 g/mol. The molecule has 0 radical (unpaired) electrons. The minimum absolute atomic E-state index is 0.0356. The second-order valence-corrected chi connectivity index (χ2v) is 9.45. The van der Waals surface area contributed by atoms with Gasteiger partial charge in [0.25, 0.3) is 0 Å². The molecule has 5 rings (SSSR count). The summed E-state index contributed by atoms with van der Waals surface area (Å²) in [4.78, 5) is 26.2. The molecule has 164 valence electrons. The first kappa shape index (κ1) is 20.9. The van der Waals surface area contributed by atoms with Gasteiger partial charge < -0.3 is 14.9 Å². The predicted octanol–water partition coefficient (Wildman–Crippen LogP) is 3.77. The van der Waals surface area contributed by atoms with Gasteiger partial charge in [0, 0.05) is 10.5 Å². The third-order valence-corrected chi connectivity index (χ3v) is 7.02.